The molecule has 4 nitrogen and oxygen atoms in total. The lowest BCUT2D eigenvalue weighted by molar-refractivity contribution is 0.0801. The second kappa shape index (κ2) is 5.12. The standard InChI is InChI=1S/C14H20N2O2S/c17-12(10-9-19-13(18)15-10)16-11-5-1-2-6-14(11)7-3-4-8-14/h9,11H,1-8H2,(H,15,18)(H,16,17). The largest absolute Gasteiger partial charge is 0.347 e. The number of aromatic nitrogens is 1. The molecule has 0 bridgehead atoms. The summed E-state index contributed by atoms with van der Waals surface area (Å²) in [4.78, 5) is 25.7. The van der Waals surface area contributed by atoms with Crippen molar-refractivity contribution in [2.45, 2.75) is 57.4 Å². The van der Waals surface area contributed by atoms with E-state index in [1.54, 1.807) is 5.38 Å². The first-order valence-corrected chi connectivity index (χ1v) is 8.06. The van der Waals surface area contributed by atoms with Crippen molar-refractivity contribution < 1.29 is 4.79 Å². The van der Waals surface area contributed by atoms with Crippen LogP contribution in [0.4, 0.5) is 0 Å². The van der Waals surface area contributed by atoms with Gasteiger partial charge in [0.2, 0.25) is 0 Å². The minimum atomic E-state index is -0.163. The second-order valence-corrected chi connectivity index (χ2v) is 6.75. The summed E-state index contributed by atoms with van der Waals surface area (Å²) in [5.74, 6) is -0.114. The molecule has 104 valence electrons. The molecule has 2 aliphatic rings. The van der Waals surface area contributed by atoms with Gasteiger partial charge in [-0.15, -0.1) is 0 Å². The predicted octanol–water partition coefficient (Wildman–Crippen LogP) is 2.67. The molecule has 5 heteroatoms. The molecular weight excluding hydrogens is 260 g/mol. The quantitative estimate of drug-likeness (QED) is 0.875. The van der Waals surface area contributed by atoms with E-state index in [2.05, 4.69) is 10.3 Å². The average molecular weight is 280 g/mol. The van der Waals surface area contributed by atoms with Gasteiger partial charge in [-0.2, -0.15) is 0 Å². The summed E-state index contributed by atoms with van der Waals surface area (Å²) < 4.78 is 0. The van der Waals surface area contributed by atoms with Gasteiger partial charge in [-0.3, -0.25) is 9.59 Å². The molecule has 0 radical (unpaired) electrons. The first-order chi connectivity index (χ1) is 9.20. The number of amides is 1. The Bertz CT molecular complexity index is 514. The van der Waals surface area contributed by atoms with E-state index in [0.717, 1.165) is 17.8 Å². The second-order valence-electron chi connectivity index (χ2n) is 5.90. The Hall–Kier alpha value is -1.10. The van der Waals surface area contributed by atoms with Gasteiger partial charge in [-0.05, 0) is 31.1 Å². The Morgan fingerprint density at radius 3 is 2.58 bits per heavy atom. The maximum atomic E-state index is 12.2. The van der Waals surface area contributed by atoms with E-state index in [1.165, 1.54) is 44.9 Å². The van der Waals surface area contributed by atoms with Crippen LogP contribution < -0.4 is 10.2 Å². The van der Waals surface area contributed by atoms with Crippen molar-refractivity contribution in [1.29, 1.82) is 0 Å². The molecule has 1 spiro atoms. The normalized spacial score (nSPS) is 25.6. The van der Waals surface area contributed by atoms with Crippen LogP contribution in [0, 0.1) is 5.41 Å². The van der Waals surface area contributed by atoms with E-state index in [0.29, 0.717) is 17.2 Å². The molecule has 0 saturated heterocycles. The van der Waals surface area contributed by atoms with Crippen LogP contribution in [0.15, 0.2) is 10.2 Å². The number of carbonyl (C=O) groups excluding carboxylic acids is 1. The van der Waals surface area contributed by atoms with E-state index in [4.69, 9.17) is 0 Å². The van der Waals surface area contributed by atoms with Crippen LogP contribution in [0.3, 0.4) is 0 Å². The fourth-order valence-electron chi connectivity index (χ4n) is 3.84. The van der Waals surface area contributed by atoms with Crippen molar-refractivity contribution in [3.05, 3.63) is 20.7 Å². The Labute approximate surface area is 116 Å². The van der Waals surface area contributed by atoms with Gasteiger partial charge in [0.1, 0.15) is 5.69 Å². The van der Waals surface area contributed by atoms with Crippen LogP contribution in [0.5, 0.6) is 0 Å². The SMILES string of the molecule is O=C(NC1CCCCC12CCCC2)c1csc(=O)[nH]1. The summed E-state index contributed by atoms with van der Waals surface area (Å²) in [6.45, 7) is 0. The zero-order valence-electron chi connectivity index (χ0n) is 11.0. The Kier molecular flexibility index (Phi) is 3.48. The predicted molar refractivity (Wildman–Crippen MR) is 75.6 cm³/mol. The van der Waals surface area contributed by atoms with Gasteiger partial charge in [0.05, 0.1) is 0 Å². The van der Waals surface area contributed by atoms with Gasteiger partial charge in [-0.25, -0.2) is 0 Å². The summed E-state index contributed by atoms with van der Waals surface area (Å²) in [5, 5.41) is 4.79. The van der Waals surface area contributed by atoms with Crippen molar-refractivity contribution in [1.82, 2.24) is 10.3 Å². The number of hydrogen-bond donors (Lipinski definition) is 2. The monoisotopic (exact) mass is 280 g/mol. The zero-order valence-corrected chi connectivity index (χ0v) is 11.9. The van der Waals surface area contributed by atoms with E-state index < -0.39 is 0 Å². The number of hydrogen-bond acceptors (Lipinski definition) is 3. The Balaban J connectivity index is 1.73. The van der Waals surface area contributed by atoms with Gasteiger partial charge in [0.15, 0.2) is 0 Å². The maximum Gasteiger partial charge on any atom is 0.305 e. The van der Waals surface area contributed by atoms with Crippen LogP contribution in [-0.4, -0.2) is 16.9 Å². The van der Waals surface area contributed by atoms with Crippen LogP contribution in [0.1, 0.15) is 61.9 Å². The number of thiazole rings is 1. The molecule has 0 aromatic carbocycles. The highest BCUT2D eigenvalue weighted by molar-refractivity contribution is 7.07. The first-order valence-electron chi connectivity index (χ1n) is 7.18. The van der Waals surface area contributed by atoms with Gasteiger partial charge in [0, 0.05) is 11.4 Å². The highest BCUT2D eigenvalue weighted by Crippen LogP contribution is 2.49. The van der Waals surface area contributed by atoms with E-state index in [9.17, 15) is 9.59 Å². The third kappa shape index (κ3) is 2.48. The molecule has 19 heavy (non-hydrogen) atoms. The van der Waals surface area contributed by atoms with Gasteiger partial charge in [0.25, 0.3) is 5.91 Å². The van der Waals surface area contributed by atoms with Gasteiger partial charge >= 0.3 is 4.87 Å². The van der Waals surface area contributed by atoms with Crippen LogP contribution in [0.2, 0.25) is 0 Å². The van der Waals surface area contributed by atoms with E-state index in [1.807, 2.05) is 0 Å². The van der Waals surface area contributed by atoms with E-state index in [-0.39, 0.29) is 10.8 Å². The Morgan fingerprint density at radius 2 is 1.95 bits per heavy atom. The summed E-state index contributed by atoms with van der Waals surface area (Å²) in [7, 11) is 0. The zero-order chi connectivity index (χ0) is 13.3. The Morgan fingerprint density at radius 1 is 1.26 bits per heavy atom. The molecule has 2 fully saturated rings. The van der Waals surface area contributed by atoms with Crippen molar-refractivity contribution in [2.24, 2.45) is 5.41 Å². The minimum Gasteiger partial charge on any atom is -0.347 e. The smallest absolute Gasteiger partial charge is 0.305 e. The maximum absolute atomic E-state index is 12.2. The van der Waals surface area contributed by atoms with Crippen molar-refractivity contribution in [3.8, 4) is 0 Å². The summed E-state index contributed by atoms with van der Waals surface area (Å²) in [6.07, 6.45) is 9.91. The molecule has 1 heterocycles. The number of carbonyl (C=O) groups is 1. The summed E-state index contributed by atoms with van der Waals surface area (Å²) >= 11 is 1.05. The number of aromatic amines is 1. The molecule has 1 unspecified atom stereocenters. The molecule has 2 N–H and O–H groups in total. The fourth-order valence-corrected chi connectivity index (χ4v) is 4.40. The molecule has 1 aromatic heterocycles. The van der Waals surface area contributed by atoms with Crippen LogP contribution >= 0.6 is 11.3 Å². The van der Waals surface area contributed by atoms with Crippen LogP contribution in [-0.2, 0) is 0 Å². The molecule has 0 aliphatic heterocycles. The molecule has 2 aliphatic carbocycles. The van der Waals surface area contributed by atoms with Crippen molar-refractivity contribution in [3.63, 3.8) is 0 Å². The molecule has 3 rings (SSSR count). The number of nitrogens with one attached hydrogen (secondary N) is 2. The van der Waals surface area contributed by atoms with Crippen LogP contribution in [0.25, 0.3) is 0 Å². The number of H-pyrrole nitrogens is 1. The summed E-state index contributed by atoms with van der Waals surface area (Å²) in [5.41, 5.74) is 0.748. The molecule has 2 saturated carbocycles. The average Bonchev–Trinajstić information content (AvgIpc) is 3.02. The highest BCUT2D eigenvalue weighted by atomic mass is 32.1. The molecule has 1 aromatic rings. The van der Waals surface area contributed by atoms with Gasteiger partial charge < -0.3 is 10.3 Å². The van der Waals surface area contributed by atoms with E-state index >= 15 is 0 Å². The number of rotatable bonds is 2. The highest BCUT2D eigenvalue weighted by Gasteiger charge is 2.43. The molecule has 1 atom stereocenters. The topological polar surface area (TPSA) is 62.0 Å². The van der Waals surface area contributed by atoms with Crippen molar-refractivity contribution in [2.75, 3.05) is 0 Å². The lowest BCUT2D eigenvalue weighted by atomic mass is 9.69. The minimum absolute atomic E-state index is 0.114. The summed E-state index contributed by atoms with van der Waals surface area (Å²) in [6, 6.07) is 0.291. The van der Waals surface area contributed by atoms with Crippen molar-refractivity contribution >= 4 is 17.2 Å². The first kappa shape index (κ1) is 12.9. The lowest BCUT2D eigenvalue weighted by Crippen LogP contribution is -2.48. The molecular formula is C14H20N2O2S. The third-order valence-corrected chi connectivity index (χ3v) is 5.50. The molecule has 1 amide bonds. The third-order valence-electron chi connectivity index (χ3n) is 4.83. The fraction of sp³-hybridized carbons (Fsp3) is 0.714. The lowest BCUT2D eigenvalue weighted by Gasteiger charge is -2.41. The van der Waals surface area contributed by atoms with Gasteiger partial charge in [-0.1, -0.05) is 37.0 Å².